The second-order valence-corrected chi connectivity index (χ2v) is 4.39. The highest BCUT2D eigenvalue weighted by molar-refractivity contribution is 5.96. The van der Waals surface area contributed by atoms with Crippen molar-refractivity contribution in [2.45, 2.75) is 6.42 Å². The Hall–Kier alpha value is -2.89. The SMILES string of the molecule is O=C(O)c1cccc(C(=O)O)c1Cc1ccc(O)cc1F. The third kappa shape index (κ3) is 3.00. The Labute approximate surface area is 118 Å². The summed E-state index contributed by atoms with van der Waals surface area (Å²) in [5.41, 5.74) is -0.268. The lowest BCUT2D eigenvalue weighted by atomic mass is 9.94. The van der Waals surface area contributed by atoms with Crippen LogP contribution < -0.4 is 0 Å². The van der Waals surface area contributed by atoms with Crippen LogP contribution in [0.2, 0.25) is 0 Å². The molecule has 108 valence electrons. The van der Waals surface area contributed by atoms with E-state index >= 15 is 0 Å². The molecule has 5 nitrogen and oxygen atoms in total. The molecule has 0 aliphatic rings. The van der Waals surface area contributed by atoms with Gasteiger partial charge in [-0.05, 0) is 29.3 Å². The zero-order valence-electron chi connectivity index (χ0n) is 10.7. The van der Waals surface area contributed by atoms with E-state index in [1.807, 2.05) is 0 Å². The monoisotopic (exact) mass is 290 g/mol. The Morgan fingerprint density at radius 3 is 2.05 bits per heavy atom. The molecular formula is C15H11FO5. The first-order valence-corrected chi connectivity index (χ1v) is 5.96. The van der Waals surface area contributed by atoms with E-state index in [9.17, 15) is 14.0 Å². The maximum Gasteiger partial charge on any atom is 0.336 e. The molecule has 2 aromatic carbocycles. The second-order valence-electron chi connectivity index (χ2n) is 4.39. The van der Waals surface area contributed by atoms with Crippen molar-refractivity contribution in [1.82, 2.24) is 0 Å². The van der Waals surface area contributed by atoms with Crippen molar-refractivity contribution >= 4 is 11.9 Å². The number of carboxylic acid groups (broad SMARTS) is 2. The highest BCUT2D eigenvalue weighted by Gasteiger charge is 2.19. The third-order valence-corrected chi connectivity index (χ3v) is 3.04. The fourth-order valence-corrected chi connectivity index (χ4v) is 2.05. The van der Waals surface area contributed by atoms with Crippen molar-refractivity contribution in [3.8, 4) is 5.75 Å². The number of rotatable bonds is 4. The largest absolute Gasteiger partial charge is 0.508 e. The van der Waals surface area contributed by atoms with Gasteiger partial charge in [0.05, 0.1) is 11.1 Å². The normalized spacial score (nSPS) is 10.3. The number of hydrogen-bond acceptors (Lipinski definition) is 3. The van der Waals surface area contributed by atoms with Crippen LogP contribution in [-0.2, 0) is 6.42 Å². The topological polar surface area (TPSA) is 94.8 Å². The van der Waals surface area contributed by atoms with Crippen LogP contribution in [-0.4, -0.2) is 27.3 Å². The molecule has 0 saturated heterocycles. The molecule has 0 aromatic heterocycles. The van der Waals surface area contributed by atoms with Crippen molar-refractivity contribution in [3.05, 3.63) is 64.5 Å². The smallest absolute Gasteiger partial charge is 0.336 e. The van der Waals surface area contributed by atoms with Crippen LogP contribution in [0.3, 0.4) is 0 Å². The minimum Gasteiger partial charge on any atom is -0.508 e. The van der Waals surface area contributed by atoms with Crippen LogP contribution in [0.1, 0.15) is 31.8 Å². The quantitative estimate of drug-likeness (QED) is 0.804. The van der Waals surface area contributed by atoms with Crippen LogP contribution >= 0.6 is 0 Å². The Morgan fingerprint density at radius 1 is 1.00 bits per heavy atom. The maximum absolute atomic E-state index is 13.7. The maximum atomic E-state index is 13.7. The molecule has 6 heteroatoms. The lowest BCUT2D eigenvalue weighted by Crippen LogP contribution is -2.11. The minimum absolute atomic E-state index is 0.0158. The Balaban J connectivity index is 2.56. The first-order chi connectivity index (χ1) is 9.90. The van der Waals surface area contributed by atoms with Crippen molar-refractivity contribution in [2.75, 3.05) is 0 Å². The molecular weight excluding hydrogens is 279 g/mol. The summed E-state index contributed by atoms with van der Waals surface area (Å²) in [6.45, 7) is 0. The summed E-state index contributed by atoms with van der Waals surface area (Å²) >= 11 is 0. The van der Waals surface area contributed by atoms with Crippen molar-refractivity contribution in [1.29, 1.82) is 0 Å². The highest BCUT2D eigenvalue weighted by Crippen LogP contribution is 2.23. The number of phenols is 1. The van der Waals surface area contributed by atoms with Gasteiger partial charge in [0.1, 0.15) is 11.6 Å². The van der Waals surface area contributed by atoms with Crippen molar-refractivity contribution in [3.63, 3.8) is 0 Å². The number of carbonyl (C=O) groups is 2. The van der Waals surface area contributed by atoms with Crippen LogP contribution in [0.15, 0.2) is 36.4 Å². The molecule has 0 heterocycles. The van der Waals surface area contributed by atoms with E-state index in [1.54, 1.807) is 0 Å². The fraction of sp³-hybridized carbons (Fsp3) is 0.0667. The fourth-order valence-electron chi connectivity index (χ4n) is 2.05. The average molecular weight is 290 g/mol. The number of phenolic OH excluding ortho intramolecular Hbond substituents is 1. The van der Waals surface area contributed by atoms with Crippen molar-refractivity contribution in [2.24, 2.45) is 0 Å². The Morgan fingerprint density at radius 2 is 1.57 bits per heavy atom. The predicted molar refractivity (Wildman–Crippen MR) is 71.2 cm³/mol. The van der Waals surface area contributed by atoms with Gasteiger partial charge in [-0.25, -0.2) is 14.0 Å². The van der Waals surface area contributed by atoms with E-state index in [4.69, 9.17) is 15.3 Å². The summed E-state index contributed by atoms with van der Waals surface area (Å²) in [5, 5.41) is 27.4. The molecule has 0 amide bonds. The van der Waals surface area contributed by atoms with E-state index in [1.165, 1.54) is 30.3 Å². The summed E-state index contributed by atoms with van der Waals surface area (Å²) in [6.07, 6.45) is -0.198. The average Bonchev–Trinajstić information content (AvgIpc) is 2.41. The number of aromatic carboxylic acids is 2. The van der Waals surface area contributed by atoms with E-state index in [2.05, 4.69) is 0 Å². The molecule has 2 rings (SSSR count). The zero-order chi connectivity index (χ0) is 15.6. The second kappa shape index (κ2) is 5.62. The molecule has 0 aliphatic heterocycles. The van der Waals surface area contributed by atoms with Gasteiger partial charge in [-0.1, -0.05) is 12.1 Å². The number of benzene rings is 2. The van der Waals surface area contributed by atoms with Gasteiger partial charge in [-0.3, -0.25) is 0 Å². The summed E-state index contributed by atoms with van der Waals surface area (Å²) in [5.74, 6) is -3.56. The van der Waals surface area contributed by atoms with E-state index < -0.39 is 17.8 Å². The van der Waals surface area contributed by atoms with Gasteiger partial charge < -0.3 is 15.3 Å². The Kier molecular flexibility index (Phi) is 3.89. The molecule has 21 heavy (non-hydrogen) atoms. The number of carboxylic acids is 2. The van der Waals surface area contributed by atoms with Gasteiger partial charge in [0.15, 0.2) is 0 Å². The number of aromatic hydroxyl groups is 1. The standard InChI is InChI=1S/C15H11FO5/c16-13-7-9(17)5-4-8(13)6-12-10(14(18)19)2-1-3-11(12)15(20)21/h1-5,7,17H,6H2,(H,18,19)(H,20,21). The van der Waals surface area contributed by atoms with Gasteiger partial charge in [0.25, 0.3) is 0 Å². The van der Waals surface area contributed by atoms with Gasteiger partial charge in [-0.2, -0.15) is 0 Å². The molecule has 0 radical (unpaired) electrons. The van der Waals surface area contributed by atoms with Crippen LogP contribution in [0.4, 0.5) is 4.39 Å². The summed E-state index contributed by atoms with van der Waals surface area (Å²) in [7, 11) is 0. The van der Waals surface area contributed by atoms with E-state index in [0.717, 1.165) is 6.07 Å². The molecule has 2 aromatic rings. The molecule has 0 aliphatic carbocycles. The lowest BCUT2D eigenvalue weighted by molar-refractivity contribution is 0.0695. The van der Waals surface area contributed by atoms with Crippen LogP contribution in [0.25, 0.3) is 0 Å². The molecule has 0 bridgehead atoms. The molecule has 0 fully saturated rings. The summed E-state index contributed by atoms with van der Waals surface area (Å²) in [4.78, 5) is 22.4. The molecule has 0 saturated carbocycles. The number of halogens is 1. The first kappa shape index (κ1) is 14.5. The van der Waals surface area contributed by atoms with Gasteiger partial charge >= 0.3 is 11.9 Å². The third-order valence-electron chi connectivity index (χ3n) is 3.04. The summed E-state index contributed by atoms with van der Waals surface area (Å²) < 4.78 is 13.7. The summed E-state index contributed by atoms with van der Waals surface area (Å²) in [6, 6.07) is 7.28. The van der Waals surface area contributed by atoms with Gasteiger partial charge in [0.2, 0.25) is 0 Å². The van der Waals surface area contributed by atoms with Crippen LogP contribution in [0, 0.1) is 5.82 Å². The number of hydrogen-bond donors (Lipinski definition) is 3. The Bertz CT molecular complexity index is 692. The molecule has 3 N–H and O–H groups in total. The molecule has 0 atom stereocenters. The van der Waals surface area contributed by atoms with Crippen LogP contribution in [0.5, 0.6) is 5.75 Å². The minimum atomic E-state index is -1.28. The van der Waals surface area contributed by atoms with E-state index in [-0.39, 0.29) is 34.4 Å². The van der Waals surface area contributed by atoms with Gasteiger partial charge in [-0.15, -0.1) is 0 Å². The van der Waals surface area contributed by atoms with Gasteiger partial charge in [0, 0.05) is 12.5 Å². The van der Waals surface area contributed by atoms with Crippen molar-refractivity contribution < 1.29 is 29.3 Å². The first-order valence-electron chi connectivity index (χ1n) is 5.96. The predicted octanol–water partition coefficient (Wildman–Crippen LogP) is 2.52. The molecule has 0 spiro atoms. The van der Waals surface area contributed by atoms with E-state index in [0.29, 0.717) is 0 Å². The zero-order valence-corrected chi connectivity index (χ0v) is 10.7. The highest BCUT2D eigenvalue weighted by atomic mass is 19.1. The molecule has 0 unspecified atom stereocenters. The lowest BCUT2D eigenvalue weighted by Gasteiger charge is -2.11.